The molecular weight excluding hydrogens is 381 g/mol. The van der Waals surface area contributed by atoms with Crippen LogP contribution in [0.3, 0.4) is 0 Å². The summed E-state index contributed by atoms with van der Waals surface area (Å²) in [6.07, 6.45) is -4.59. The first-order valence-corrected chi connectivity index (χ1v) is 7.18. The van der Waals surface area contributed by atoms with Crippen LogP contribution >= 0.6 is 23.2 Å². The van der Waals surface area contributed by atoms with E-state index in [9.17, 15) is 19.8 Å². The lowest BCUT2D eigenvalue weighted by atomic mass is 10.2. The molecule has 0 aromatic heterocycles. The van der Waals surface area contributed by atoms with E-state index in [1.807, 2.05) is 0 Å². The summed E-state index contributed by atoms with van der Waals surface area (Å²) in [4.78, 5) is 36.0. The lowest BCUT2D eigenvalue weighted by Gasteiger charge is -2.24. The predicted molar refractivity (Wildman–Crippen MR) is 86.4 cm³/mol. The molecular formula is C12H11Cl2N5O6. The number of hydrogen-bond acceptors (Lipinski definition) is 11. The summed E-state index contributed by atoms with van der Waals surface area (Å²) in [5.41, 5.74) is 11.1. The van der Waals surface area contributed by atoms with E-state index in [0.29, 0.717) is 5.06 Å². The Morgan fingerprint density at radius 1 is 1.12 bits per heavy atom. The van der Waals surface area contributed by atoms with E-state index in [2.05, 4.69) is 15.0 Å². The van der Waals surface area contributed by atoms with Crippen LogP contribution in [-0.2, 0) is 19.3 Å². The van der Waals surface area contributed by atoms with E-state index in [0.717, 1.165) is 0 Å². The summed E-state index contributed by atoms with van der Waals surface area (Å²) >= 11 is 11.8. The van der Waals surface area contributed by atoms with Gasteiger partial charge in [0.05, 0.1) is 5.02 Å². The second kappa shape index (κ2) is 7.53. The molecule has 2 atom stereocenters. The predicted octanol–water partition coefficient (Wildman–Crippen LogP) is -0.919. The number of anilines is 1. The van der Waals surface area contributed by atoms with E-state index < -0.39 is 36.1 Å². The molecule has 1 aliphatic heterocycles. The SMILES string of the molecule is NC1=N/OC(=O)C(O)C(O)C(=O)ON(c2ccc(Cl)cc2Cl)\C(N)=N\1. The molecule has 11 nitrogen and oxygen atoms in total. The van der Waals surface area contributed by atoms with Crippen molar-refractivity contribution in [3.8, 4) is 0 Å². The Bertz CT molecular complexity index is 770. The summed E-state index contributed by atoms with van der Waals surface area (Å²) in [7, 11) is 0. The fraction of sp³-hybridized carbons (Fsp3) is 0.167. The second-order valence-corrected chi connectivity index (χ2v) is 5.36. The number of hydroxylamine groups is 1. The van der Waals surface area contributed by atoms with Gasteiger partial charge in [-0.15, -0.1) is 5.06 Å². The first-order chi connectivity index (χ1) is 11.7. The van der Waals surface area contributed by atoms with Crippen molar-refractivity contribution >= 4 is 52.7 Å². The summed E-state index contributed by atoms with van der Waals surface area (Å²) in [6.45, 7) is 0. The van der Waals surface area contributed by atoms with Crippen LogP contribution in [0.5, 0.6) is 0 Å². The van der Waals surface area contributed by atoms with Crippen molar-refractivity contribution < 1.29 is 29.5 Å². The molecule has 1 aromatic carbocycles. The van der Waals surface area contributed by atoms with Crippen LogP contribution in [0.4, 0.5) is 5.69 Å². The first-order valence-electron chi connectivity index (χ1n) is 6.42. The molecule has 2 unspecified atom stereocenters. The van der Waals surface area contributed by atoms with Gasteiger partial charge in [0.2, 0.25) is 5.96 Å². The number of nitrogens with two attached hydrogens (primary N) is 2. The van der Waals surface area contributed by atoms with Crippen LogP contribution in [0.2, 0.25) is 10.0 Å². The quantitative estimate of drug-likeness (QED) is 0.441. The average molecular weight is 392 g/mol. The topological polar surface area (TPSA) is 173 Å². The molecule has 1 aliphatic rings. The number of aliphatic hydroxyl groups excluding tert-OH is 2. The number of carbonyl (C=O) groups is 2. The number of oxime groups is 1. The van der Waals surface area contributed by atoms with E-state index in [4.69, 9.17) is 39.5 Å². The maximum Gasteiger partial charge on any atom is 0.366 e. The van der Waals surface area contributed by atoms with Crippen LogP contribution in [0.1, 0.15) is 0 Å². The lowest BCUT2D eigenvalue weighted by Crippen LogP contribution is -2.46. The van der Waals surface area contributed by atoms with Crippen LogP contribution in [0, 0.1) is 0 Å². The highest BCUT2D eigenvalue weighted by Crippen LogP contribution is 2.29. The minimum absolute atomic E-state index is 0.00153. The Kier molecular flexibility index (Phi) is 5.64. The van der Waals surface area contributed by atoms with Crippen LogP contribution < -0.4 is 16.5 Å². The third kappa shape index (κ3) is 4.28. The number of guanidine groups is 2. The third-order valence-corrected chi connectivity index (χ3v) is 3.30. The molecule has 2 rings (SSSR count). The van der Waals surface area contributed by atoms with Gasteiger partial charge in [-0.25, -0.2) is 9.59 Å². The van der Waals surface area contributed by atoms with E-state index in [1.165, 1.54) is 18.2 Å². The van der Waals surface area contributed by atoms with Gasteiger partial charge in [-0.1, -0.05) is 23.2 Å². The zero-order chi connectivity index (χ0) is 18.7. The van der Waals surface area contributed by atoms with Gasteiger partial charge in [0.1, 0.15) is 5.69 Å². The molecule has 1 heterocycles. The number of aliphatic imine (C=N–C) groups is 1. The Morgan fingerprint density at radius 2 is 1.76 bits per heavy atom. The normalized spacial score (nSPS) is 26.5. The molecule has 1 aromatic rings. The molecule has 0 aliphatic carbocycles. The molecule has 6 N–H and O–H groups in total. The monoisotopic (exact) mass is 391 g/mol. The number of aliphatic hydroxyl groups is 2. The molecule has 0 amide bonds. The summed E-state index contributed by atoms with van der Waals surface area (Å²) in [6, 6.07) is 4.06. The molecule has 25 heavy (non-hydrogen) atoms. The van der Waals surface area contributed by atoms with Crippen molar-refractivity contribution in [1.82, 2.24) is 0 Å². The fourth-order valence-electron chi connectivity index (χ4n) is 1.60. The molecule has 134 valence electrons. The zero-order valence-corrected chi connectivity index (χ0v) is 13.7. The molecule has 0 saturated carbocycles. The molecule has 13 heteroatoms. The van der Waals surface area contributed by atoms with E-state index in [1.54, 1.807) is 0 Å². The fourth-order valence-corrected chi connectivity index (χ4v) is 2.08. The number of benzene rings is 1. The maximum atomic E-state index is 12.0. The van der Waals surface area contributed by atoms with E-state index >= 15 is 0 Å². The summed E-state index contributed by atoms with van der Waals surface area (Å²) < 4.78 is 0. The van der Waals surface area contributed by atoms with Crippen molar-refractivity contribution in [3.05, 3.63) is 28.2 Å². The Balaban J connectivity index is 2.51. The van der Waals surface area contributed by atoms with Crippen molar-refractivity contribution in [2.24, 2.45) is 21.6 Å². The second-order valence-electron chi connectivity index (χ2n) is 4.52. The maximum absolute atomic E-state index is 12.0. The van der Waals surface area contributed by atoms with Crippen molar-refractivity contribution in [2.45, 2.75) is 12.2 Å². The number of carbonyl (C=O) groups excluding carboxylic acids is 2. The molecule has 0 saturated heterocycles. The molecule has 0 fully saturated rings. The highest BCUT2D eigenvalue weighted by atomic mass is 35.5. The average Bonchev–Trinajstić information content (AvgIpc) is 2.56. The molecule has 0 radical (unpaired) electrons. The van der Waals surface area contributed by atoms with Crippen molar-refractivity contribution in [1.29, 1.82) is 0 Å². The Labute approximate surface area is 149 Å². The lowest BCUT2D eigenvalue weighted by molar-refractivity contribution is -0.172. The zero-order valence-electron chi connectivity index (χ0n) is 12.2. The number of rotatable bonds is 1. The van der Waals surface area contributed by atoms with Gasteiger partial charge in [0.25, 0.3) is 5.96 Å². The molecule has 0 bridgehead atoms. The number of halogens is 2. The van der Waals surface area contributed by atoms with Crippen molar-refractivity contribution in [2.75, 3.05) is 5.06 Å². The summed E-state index contributed by atoms with van der Waals surface area (Å²) in [5.74, 6) is -4.09. The van der Waals surface area contributed by atoms with Gasteiger partial charge in [0, 0.05) is 5.02 Å². The highest BCUT2D eigenvalue weighted by molar-refractivity contribution is 6.36. The van der Waals surface area contributed by atoms with Gasteiger partial charge in [-0.05, 0) is 23.4 Å². The Morgan fingerprint density at radius 3 is 2.40 bits per heavy atom. The third-order valence-electron chi connectivity index (χ3n) is 2.76. The van der Waals surface area contributed by atoms with Gasteiger partial charge < -0.3 is 31.4 Å². The van der Waals surface area contributed by atoms with Gasteiger partial charge in [-0.3, -0.25) is 0 Å². The molecule has 0 spiro atoms. The van der Waals surface area contributed by atoms with Gasteiger partial charge in [-0.2, -0.15) is 4.99 Å². The van der Waals surface area contributed by atoms with Crippen LogP contribution in [-0.4, -0.2) is 46.3 Å². The minimum Gasteiger partial charge on any atom is -0.379 e. The van der Waals surface area contributed by atoms with Gasteiger partial charge in [0.15, 0.2) is 12.2 Å². The van der Waals surface area contributed by atoms with Crippen molar-refractivity contribution in [3.63, 3.8) is 0 Å². The first kappa shape index (κ1) is 18.7. The standard InChI is InChI=1S/C12H11Cl2N5O6/c13-4-1-2-6(5(14)3-4)19-12(16)17-11(15)18-24-9(22)7(20)8(21)10(23)25-19/h1-3,7-8,20-21H,(H4,15,16,17,18). The van der Waals surface area contributed by atoms with Gasteiger partial charge >= 0.3 is 11.9 Å². The largest absolute Gasteiger partial charge is 0.379 e. The van der Waals surface area contributed by atoms with Crippen LogP contribution in [0.15, 0.2) is 28.3 Å². The number of nitrogens with zero attached hydrogens (tertiary/aromatic N) is 3. The smallest absolute Gasteiger partial charge is 0.366 e. The highest BCUT2D eigenvalue weighted by Gasteiger charge is 2.36. The Hall–Kier alpha value is -2.60. The summed E-state index contributed by atoms with van der Waals surface area (Å²) in [5, 5.41) is 23.2. The van der Waals surface area contributed by atoms with Crippen LogP contribution in [0.25, 0.3) is 0 Å². The number of hydrogen-bond donors (Lipinski definition) is 4. The minimum atomic E-state index is -2.30. The van der Waals surface area contributed by atoms with E-state index in [-0.39, 0.29) is 15.7 Å².